The van der Waals surface area contributed by atoms with E-state index in [2.05, 4.69) is 20.9 Å². The molecule has 3 amide bonds. The zero-order chi connectivity index (χ0) is 21.4. The molecule has 1 fully saturated rings. The molecule has 30 heavy (non-hydrogen) atoms. The van der Waals surface area contributed by atoms with E-state index in [-0.39, 0.29) is 42.5 Å². The Labute approximate surface area is 193 Å². The first-order valence-electron chi connectivity index (χ1n) is 9.91. The van der Waals surface area contributed by atoms with E-state index in [1.54, 1.807) is 6.92 Å². The van der Waals surface area contributed by atoms with Crippen LogP contribution < -0.4 is 16.0 Å². The molecule has 1 aromatic rings. The summed E-state index contributed by atoms with van der Waals surface area (Å²) in [6.07, 6.45) is 1.37. The molecule has 1 unspecified atom stereocenters. The molecule has 0 aliphatic carbocycles. The molecule has 7 nitrogen and oxygen atoms in total. The SMILES string of the molecule is CCNC(=NCCCN1C(=O)NC(C)(CC)C1=O)NCCc1cc(F)ccc1F.I. The zero-order valence-corrected chi connectivity index (χ0v) is 19.9. The highest BCUT2D eigenvalue weighted by Crippen LogP contribution is 2.20. The van der Waals surface area contributed by atoms with Crippen molar-refractivity contribution < 1.29 is 18.4 Å². The zero-order valence-electron chi connectivity index (χ0n) is 17.6. The van der Waals surface area contributed by atoms with Crippen LogP contribution in [0.3, 0.4) is 0 Å². The molecule has 0 bridgehead atoms. The van der Waals surface area contributed by atoms with Crippen molar-refractivity contribution >= 4 is 41.9 Å². The molecule has 1 heterocycles. The first-order chi connectivity index (χ1) is 13.8. The van der Waals surface area contributed by atoms with Crippen LogP contribution in [0.2, 0.25) is 0 Å². The van der Waals surface area contributed by atoms with E-state index in [0.717, 1.165) is 12.1 Å². The number of hydrogen-bond acceptors (Lipinski definition) is 3. The molecule has 3 N–H and O–H groups in total. The molecule has 1 aliphatic rings. The van der Waals surface area contributed by atoms with E-state index >= 15 is 0 Å². The number of imide groups is 1. The molecule has 0 radical (unpaired) electrons. The van der Waals surface area contributed by atoms with Gasteiger partial charge < -0.3 is 16.0 Å². The van der Waals surface area contributed by atoms with E-state index in [9.17, 15) is 18.4 Å². The van der Waals surface area contributed by atoms with Gasteiger partial charge in [-0.2, -0.15) is 0 Å². The standard InChI is InChI=1S/C20H29F2N5O2.HI/c1-4-20(3)17(28)27(19(29)26-20)12-6-10-24-18(23-5-2)25-11-9-14-13-15(21)7-8-16(14)22;/h7-8,13H,4-6,9-12H2,1-3H3,(H,26,29)(H2,23,24,25);1H. The lowest BCUT2D eigenvalue weighted by atomic mass is 9.99. The summed E-state index contributed by atoms with van der Waals surface area (Å²) < 4.78 is 26.9. The van der Waals surface area contributed by atoms with Gasteiger partial charge in [-0.05, 0) is 56.9 Å². The molecular weight excluding hydrogens is 507 g/mol. The number of amides is 3. The molecule has 2 rings (SSSR count). The van der Waals surface area contributed by atoms with E-state index in [1.807, 2.05) is 13.8 Å². The highest BCUT2D eigenvalue weighted by Gasteiger charge is 2.45. The average molecular weight is 537 g/mol. The summed E-state index contributed by atoms with van der Waals surface area (Å²) in [6.45, 7) is 7.22. The van der Waals surface area contributed by atoms with E-state index in [4.69, 9.17) is 0 Å². The third-order valence-electron chi connectivity index (χ3n) is 4.90. The van der Waals surface area contributed by atoms with Gasteiger partial charge in [0.25, 0.3) is 5.91 Å². The van der Waals surface area contributed by atoms with Crippen molar-refractivity contribution in [3.8, 4) is 0 Å². The second kappa shape index (κ2) is 12.0. The Balaban J connectivity index is 0.00000450. The Morgan fingerprint density at radius 3 is 2.60 bits per heavy atom. The number of nitrogens with one attached hydrogen (secondary N) is 3. The minimum absolute atomic E-state index is 0. The third-order valence-corrected chi connectivity index (χ3v) is 4.90. The minimum atomic E-state index is -0.830. The maximum atomic E-state index is 13.7. The Morgan fingerprint density at radius 2 is 1.97 bits per heavy atom. The number of hydrogen-bond donors (Lipinski definition) is 3. The monoisotopic (exact) mass is 537 g/mol. The van der Waals surface area contributed by atoms with Gasteiger partial charge in [0, 0.05) is 26.2 Å². The van der Waals surface area contributed by atoms with Crippen LogP contribution in [0.25, 0.3) is 0 Å². The number of halogens is 3. The van der Waals surface area contributed by atoms with Crippen LogP contribution in [0.1, 0.15) is 39.2 Å². The Bertz CT molecular complexity index is 778. The normalized spacial score (nSPS) is 18.8. The van der Waals surface area contributed by atoms with Gasteiger partial charge in [-0.25, -0.2) is 13.6 Å². The quantitative estimate of drug-likeness (QED) is 0.149. The predicted octanol–water partition coefficient (Wildman–Crippen LogP) is 2.79. The number of carbonyl (C=O) groups excluding carboxylic acids is 2. The van der Waals surface area contributed by atoms with Gasteiger partial charge in [0.15, 0.2) is 5.96 Å². The fourth-order valence-corrected chi connectivity index (χ4v) is 3.00. The number of aliphatic imine (C=N–C) groups is 1. The van der Waals surface area contributed by atoms with Gasteiger partial charge in [-0.3, -0.25) is 14.7 Å². The van der Waals surface area contributed by atoms with Crippen molar-refractivity contribution in [2.45, 2.75) is 45.6 Å². The van der Waals surface area contributed by atoms with Crippen LogP contribution in [0.5, 0.6) is 0 Å². The summed E-state index contributed by atoms with van der Waals surface area (Å²) in [5.41, 5.74) is -0.533. The molecule has 0 aromatic heterocycles. The summed E-state index contributed by atoms with van der Waals surface area (Å²) in [5, 5.41) is 8.87. The summed E-state index contributed by atoms with van der Waals surface area (Å²) in [5.74, 6) is -0.583. The predicted molar refractivity (Wildman–Crippen MR) is 123 cm³/mol. The van der Waals surface area contributed by atoms with Gasteiger partial charge >= 0.3 is 6.03 Å². The summed E-state index contributed by atoms with van der Waals surface area (Å²) in [6, 6.07) is 3.02. The first-order valence-corrected chi connectivity index (χ1v) is 9.91. The molecule has 0 saturated carbocycles. The van der Waals surface area contributed by atoms with Crippen molar-refractivity contribution in [3.05, 3.63) is 35.4 Å². The Kier molecular flexibility index (Phi) is 10.4. The molecule has 1 atom stereocenters. The second-order valence-electron chi connectivity index (χ2n) is 7.10. The van der Waals surface area contributed by atoms with Crippen molar-refractivity contribution in [1.82, 2.24) is 20.9 Å². The van der Waals surface area contributed by atoms with E-state index in [1.165, 1.54) is 11.0 Å². The third kappa shape index (κ3) is 6.78. The largest absolute Gasteiger partial charge is 0.357 e. The van der Waals surface area contributed by atoms with Crippen molar-refractivity contribution in [2.75, 3.05) is 26.2 Å². The van der Waals surface area contributed by atoms with E-state index in [0.29, 0.717) is 50.4 Å². The fourth-order valence-electron chi connectivity index (χ4n) is 3.00. The molecule has 0 spiro atoms. The number of guanidine groups is 1. The van der Waals surface area contributed by atoms with Crippen molar-refractivity contribution in [1.29, 1.82) is 0 Å². The van der Waals surface area contributed by atoms with Crippen LogP contribution in [-0.2, 0) is 11.2 Å². The van der Waals surface area contributed by atoms with Crippen LogP contribution in [-0.4, -0.2) is 54.5 Å². The molecule has 168 valence electrons. The van der Waals surface area contributed by atoms with Gasteiger partial charge in [0.1, 0.15) is 17.2 Å². The minimum Gasteiger partial charge on any atom is -0.357 e. The second-order valence-corrected chi connectivity index (χ2v) is 7.10. The number of urea groups is 1. The first kappa shape index (κ1) is 26.1. The van der Waals surface area contributed by atoms with Crippen molar-refractivity contribution in [3.63, 3.8) is 0 Å². The molecular formula is C20H30F2IN5O2. The summed E-state index contributed by atoms with van der Waals surface area (Å²) >= 11 is 0. The van der Waals surface area contributed by atoms with Crippen LogP contribution in [0, 0.1) is 11.6 Å². The number of benzene rings is 1. The lowest BCUT2D eigenvalue weighted by molar-refractivity contribution is -0.130. The highest BCUT2D eigenvalue weighted by molar-refractivity contribution is 14.0. The van der Waals surface area contributed by atoms with Gasteiger partial charge in [-0.15, -0.1) is 24.0 Å². The van der Waals surface area contributed by atoms with Gasteiger partial charge in [-0.1, -0.05) is 6.92 Å². The van der Waals surface area contributed by atoms with Crippen LogP contribution in [0.15, 0.2) is 23.2 Å². The van der Waals surface area contributed by atoms with Crippen LogP contribution >= 0.6 is 24.0 Å². The highest BCUT2D eigenvalue weighted by atomic mass is 127. The number of carbonyl (C=O) groups is 2. The summed E-state index contributed by atoms with van der Waals surface area (Å²) in [4.78, 5) is 30.0. The van der Waals surface area contributed by atoms with E-state index < -0.39 is 17.2 Å². The van der Waals surface area contributed by atoms with Crippen molar-refractivity contribution in [2.24, 2.45) is 4.99 Å². The fraction of sp³-hybridized carbons (Fsp3) is 0.550. The maximum Gasteiger partial charge on any atom is 0.325 e. The molecule has 1 aliphatic heterocycles. The van der Waals surface area contributed by atoms with Crippen LogP contribution in [0.4, 0.5) is 13.6 Å². The average Bonchev–Trinajstić information content (AvgIpc) is 2.91. The molecule has 1 saturated heterocycles. The lowest BCUT2D eigenvalue weighted by Crippen LogP contribution is -2.43. The maximum absolute atomic E-state index is 13.7. The Hall–Kier alpha value is -1.98. The number of nitrogens with zero attached hydrogens (tertiary/aromatic N) is 2. The molecule has 1 aromatic carbocycles. The van der Waals surface area contributed by atoms with Gasteiger partial charge in [0.2, 0.25) is 0 Å². The topological polar surface area (TPSA) is 85.8 Å². The number of rotatable bonds is 9. The van der Waals surface area contributed by atoms with Gasteiger partial charge in [0.05, 0.1) is 0 Å². The lowest BCUT2D eigenvalue weighted by Gasteiger charge is -2.19. The molecule has 10 heteroatoms. The smallest absolute Gasteiger partial charge is 0.325 e. The summed E-state index contributed by atoms with van der Waals surface area (Å²) in [7, 11) is 0. The Morgan fingerprint density at radius 1 is 1.23 bits per heavy atom.